The Morgan fingerprint density at radius 2 is 2.18 bits per heavy atom. The van der Waals surface area contributed by atoms with Crippen molar-refractivity contribution in [1.29, 1.82) is 0 Å². The van der Waals surface area contributed by atoms with Crippen molar-refractivity contribution in [2.24, 2.45) is 7.05 Å². The van der Waals surface area contributed by atoms with E-state index >= 15 is 0 Å². The summed E-state index contributed by atoms with van der Waals surface area (Å²) in [5.41, 5.74) is 1.83. The zero-order chi connectivity index (χ0) is 7.84. The minimum absolute atomic E-state index is 0.912. The van der Waals surface area contributed by atoms with Gasteiger partial charge in [-0.2, -0.15) is 15.0 Å². The smallest absolute Gasteiger partial charge is 0.127 e. The van der Waals surface area contributed by atoms with Crippen LogP contribution in [0.5, 0.6) is 0 Å². The Hall–Kier alpha value is -0.900. The van der Waals surface area contributed by atoms with E-state index in [2.05, 4.69) is 26.1 Å². The molecule has 3 nitrogen and oxygen atoms in total. The topological polar surface area (TPSA) is 30.7 Å². The summed E-state index contributed by atoms with van der Waals surface area (Å²) in [6.45, 7) is 0. The number of aromatic nitrogens is 3. The average molecular weight is 212 g/mol. The summed E-state index contributed by atoms with van der Waals surface area (Å²) in [7, 11) is 1.81. The molecule has 2 rings (SSSR count). The molecule has 0 unspecified atom stereocenters. The second kappa shape index (κ2) is 2.30. The van der Waals surface area contributed by atoms with E-state index in [0.717, 1.165) is 15.5 Å². The first-order valence-corrected chi connectivity index (χ1v) is 4.02. The number of fused-ring (bicyclic) bond motifs is 1. The van der Waals surface area contributed by atoms with Crippen LogP contribution >= 0.6 is 15.9 Å². The highest BCUT2D eigenvalue weighted by Gasteiger charge is 2.01. The van der Waals surface area contributed by atoms with Gasteiger partial charge in [0.2, 0.25) is 0 Å². The first-order valence-electron chi connectivity index (χ1n) is 3.23. The lowest BCUT2D eigenvalue weighted by Crippen LogP contribution is -1.90. The van der Waals surface area contributed by atoms with Gasteiger partial charge in [-0.3, -0.25) is 0 Å². The zero-order valence-corrected chi connectivity index (χ0v) is 7.54. The predicted octanol–water partition coefficient (Wildman–Crippen LogP) is 1.73. The third kappa shape index (κ3) is 1.03. The first kappa shape index (κ1) is 6.79. The van der Waals surface area contributed by atoms with Crippen LogP contribution in [0.3, 0.4) is 0 Å². The van der Waals surface area contributed by atoms with Gasteiger partial charge in [0.25, 0.3) is 0 Å². The van der Waals surface area contributed by atoms with E-state index in [1.165, 1.54) is 0 Å². The summed E-state index contributed by atoms with van der Waals surface area (Å²) >= 11 is 3.39. The van der Waals surface area contributed by atoms with E-state index in [1.807, 2.05) is 25.2 Å². The molecular formula is C7H6BrN3. The van der Waals surface area contributed by atoms with Gasteiger partial charge in [-0.25, -0.2) is 0 Å². The van der Waals surface area contributed by atoms with Crippen LogP contribution in [0.4, 0.5) is 0 Å². The molecule has 4 heteroatoms. The highest BCUT2D eigenvalue weighted by Crippen LogP contribution is 2.19. The van der Waals surface area contributed by atoms with Gasteiger partial charge in [0.15, 0.2) is 0 Å². The van der Waals surface area contributed by atoms with Crippen LogP contribution in [0.1, 0.15) is 0 Å². The molecule has 1 aromatic carbocycles. The third-order valence-electron chi connectivity index (χ3n) is 1.46. The maximum atomic E-state index is 4.17. The summed E-state index contributed by atoms with van der Waals surface area (Å²) in [6, 6.07) is 5.84. The normalized spacial score (nSPS) is 10.7. The number of hydrogen-bond donors (Lipinski definition) is 0. The molecule has 0 atom stereocenters. The van der Waals surface area contributed by atoms with E-state index in [0.29, 0.717) is 0 Å². The van der Waals surface area contributed by atoms with Crippen molar-refractivity contribution >= 4 is 27.0 Å². The Bertz CT molecular complexity index is 393. The molecule has 0 saturated carbocycles. The summed E-state index contributed by atoms with van der Waals surface area (Å²) in [6.07, 6.45) is 0. The quantitative estimate of drug-likeness (QED) is 0.665. The van der Waals surface area contributed by atoms with E-state index < -0.39 is 0 Å². The number of aryl methyl sites for hydroxylation is 1. The third-order valence-corrected chi connectivity index (χ3v) is 2.10. The van der Waals surface area contributed by atoms with Crippen molar-refractivity contribution in [1.82, 2.24) is 15.0 Å². The molecule has 0 fully saturated rings. The zero-order valence-electron chi connectivity index (χ0n) is 5.95. The molecule has 0 aliphatic heterocycles. The number of nitrogens with zero attached hydrogens (tertiary/aromatic N) is 3. The van der Waals surface area contributed by atoms with Crippen molar-refractivity contribution in [3.05, 3.63) is 22.7 Å². The number of halogens is 1. The molecule has 2 aromatic rings. The second-order valence-corrected chi connectivity index (χ2v) is 3.15. The van der Waals surface area contributed by atoms with E-state index in [9.17, 15) is 0 Å². The predicted molar refractivity (Wildman–Crippen MR) is 46.2 cm³/mol. The van der Waals surface area contributed by atoms with Crippen molar-refractivity contribution in [2.45, 2.75) is 0 Å². The van der Waals surface area contributed by atoms with E-state index in [-0.39, 0.29) is 0 Å². The molecule has 1 heterocycles. The van der Waals surface area contributed by atoms with E-state index in [4.69, 9.17) is 0 Å². The van der Waals surface area contributed by atoms with Crippen LogP contribution in [-0.4, -0.2) is 15.0 Å². The van der Waals surface area contributed by atoms with Crippen LogP contribution < -0.4 is 0 Å². The average Bonchev–Trinajstić information content (AvgIpc) is 2.31. The summed E-state index contributed by atoms with van der Waals surface area (Å²) in [4.78, 5) is 1.56. The Labute approximate surface area is 72.1 Å². The van der Waals surface area contributed by atoms with Crippen LogP contribution in [0.2, 0.25) is 0 Å². The minimum Gasteiger partial charge on any atom is -0.187 e. The van der Waals surface area contributed by atoms with E-state index in [1.54, 1.807) is 4.80 Å². The lowest BCUT2D eigenvalue weighted by Gasteiger charge is -1.86. The largest absolute Gasteiger partial charge is 0.187 e. The van der Waals surface area contributed by atoms with Gasteiger partial charge in [0.1, 0.15) is 11.0 Å². The molecule has 0 N–H and O–H groups in total. The summed E-state index contributed by atoms with van der Waals surface area (Å²) in [5, 5.41) is 8.32. The van der Waals surface area contributed by atoms with Gasteiger partial charge in [-0.1, -0.05) is 6.07 Å². The van der Waals surface area contributed by atoms with Crippen molar-refractivity contribution in [2.75, 3.05) is 0 Å². The Balaban J connectivity index is 2.90. The summed E-state index contributed by atoms with van der Waals surface area (Å²) in [5.74, 6) is 0. The monoisotopic (exact) mass is 211 g/mol. The second-order valence-electron chi connectivity index (χ2n) is 2.30. The molecule has 0 amide bonds. The highest BCUT2D eigenvalue weighted by atomic mass is 79.9. The molecule has 0 radical (unpaired) electrons. The van der Waals surface area contributed by atoms with Crippen molar-refractivity contribution in [3.8, 4) is 0 Å². The molecule has 1 aromatic heterocycles. The molecular weight excluding hydrogens is 206 g/mol. The number of rotatable bonds is 0. The van der Waals surface area contributed by atoms with Gasteiger partial charge in [0, 0.05) is 11.5 Å². The molecule has 56 valence electrons. The maximum Gasteiger partial charge on any atom is 0.127 e. The molecule has 0 bridgehead atoms. The van der Waals surface area contributed by atoms with Crippen LogP contribution in [-0.2, 0) is 7.05 Å². The highest BCUT2D eigenvalue weighted by molar-refractivity contribution is 9.10. The Kier molecular flexibility index (Phi) is 1.42. The lowest BCUT2D eigenvalue weighted by atomic mass is 10.3. The fraction of sp³-hybridized carbons (Fsp3) is 0.143. The standard InChI is InChI=1S/C7H6BrN3/c1-11-9-6-4-2-3-5(8)7(6)10-11/h2-4H,1H3. The molecule has 0 aliphatic carbocycles. The molecule has 0 aliphatic rings. The first-order chi connectivity index (χ1) is 5.27. The fourth-order valence-corrected chi connectivity index (χ4v) is 1.44. The lowest BCUT2D eigenvalue weighted by molar-refractivity contribution is 0.665. The fourth-order valence-electron chi connectivity index (χ4n) is 1.01. The van der Waals surface area contributed by atoms with Crippen LogP contribution in [0, 0.1) is 0 Å². The number of benzene rings is 1. The van der Waals surface area contributed by atoms with Gasteiger partial charge < -0.3 is 0 Å². The van der Waals surface area contributed by atoms with Gasteiger partial charge >= 0.3 is 0 Å². The Morgan fingerprint density at radius 3 is 2.91 bits per heavy atom. The summed E-state index contributed by atoms with van der Waals surface area (Å²) < 4.78 is 0.989. The SMILES string of the molecule is Cn1nc2cccc(Br)c2n1. The van der Waals surface area contributed by atoms with Crippen LogP contribution in [0.25, 0.3) is 11.0 Å². The molecule has 0 saturated heterocycles. The molecule has 11 heavy (non-hydrogen) atoms. The molecule has 0 spiro atoms. The van der Waals surface area contributed by atoms with Crippen molar-refractivity contribution < 1.29 is 0 Å². The Morgan fingerprint density at radius 1 is 1.36 bits per heavy atom. The van der Waals surface area contributed by atoms with Gasteiger partial charge in [-0.05, 0) is 28.1 Å². The van der Waals surface area contributed by atoms with Crippen molar-refractivity contribution in [3.63, 3.8) is 0 Å². The van der Waals surface area contributed by atoms with Crippen LogP contribution in [0.15, 0.2) is 22.7 Å². The number of hydrogen-bond acceptors (Lipinski definition) is 2. The van der Waals surface area contributed by atoms with Gasteiger partial charge in [0.05, 0.1) is 0 Å². The maximum absolute atomic E-state index is 4.17. The minimum atomic E-state index is 0.912. The van der Waals surface area contributed by atoms with Gasteiger partial charge in [-0.15, -0.1) is 0 Å².